The zero-order valence-corrected chi connectivity index (χ0v) is 18.4. The van der Waals surface area contributed by atoms with Gasteiger partial charge in [-0.1, -0.05) is 24.3 Å². The van der Waals surface area contributed by atoms with Gasteiger partial charge in [0, 0.05) is 50.4 Å². The normalized spacial score (nSPS) is 21.3. The van der Waals surface area contributed by atoms with E-state index in [9.17, 15) is 9.18 Å². The van der Waals surface area contributed by atoms with Crippen molar-refractivity contribution in [3.8, 4) is 0 Å². The van der Waals surface area contributed by atoms with E-state index in [1.807, 2.05) is 52.2 Å². The van der Waals surface area contributed by atoms with Gasteiger partial charge in [0.15, 0.2) is 0 Å². The van der Waals surface area contributed by atoms with Crippen LogP contribution >= 0.6 is 0 Å². The van der Waals surface area contributed by atoms with E-state index in [0.29, 0.717) is 30.5 Å². The number of aliphatic carboxylic acids is 1. The highest BCUT2D eigenvalue weighted by Crippen LogP contribution is 2.43. The molecule has 0 aliphatic carbocycles. The Balaban J connectivity index is 0.000000601. The predicted molar refractivity (Wildman–Crippen MR) is 121 cm³/mol. The summed E-state index contributed by atoms with van der Waals surface area (Å²) >= 11 is 0. The topological polar surface area (TPSA) is 87.5 Å². The summed E-state index contributed by atoms with van der Waals surface area (Å²) in [7, 11) is 0. The van der Waals surface area contributed by atoms with Crippen molar-refractivity contribution < 1.29 is 19.1 Å². The summed E-state index contributed by atoms with van der Waals surface area (Å²) in [6.07, 6.45) is 3.65. The number of carboxylic acids is 1. The Morgan fingerprint density at radius 1 is 1.15 bits per heavy atom. The molecule has 0 bridgehead atoms. The molecule has 1 amide bonds. The number of benzene rings is 2. The first-order valence-corrected chi connectivity index (χ1v) is 11.0. The summed E-state index contributed by atoms with van der Waals surface area (Å²) in [5.41, 5.74) is 2.58. The molecule has 3 heterocycles. The Morgan fingerprint density at radius 2 is 1.94 bits per heavy atom. The number of likely N-dealkylation sites (tertiary alicyclic amines) is 1. The number of nitrogens with zero attached hydrogens (tertiary/aromatic N) is 3. The molecule has 2 N–H and O–H groups in total. The number of rotatable bonds is 4. The molecule has 33 heavy (non-hydrogen) atoms. The fourth-order valence-electron chi connectivity index (χ4n) is 4.80. The van der Waals surface area contributed by atoms with Gasteiger partial charge in [0.2, 0.25) is 0 Å². The fraction of sp³-hybridized carbons (Fsp3) is 0.320. The average Bonchev–Trinajstić information content (AvgIpc) is 3.50. The Bertz CT molecular complexity index is 1110. The number of aromatic nitrogens is 2. The lowest BCUT2D eigenvalue weighted by Gasteiger charge is -2.28. The second kappa shape index (κ2) is 9.95. The second-order valence-electron chi connectivity index (χ2n) is 8.46. The van der Waals surface area contributed by atoms with Crippen LogP contribution in [0.25, 0.3) is 0 Å². The SMILES string of the molecule is CC(=O)O.O=C(c1cccc(Cn2cccn2)c1)N1C[C@@H]2CNC[C@@H]2[C@@H]1c1cccc(F)c1. The van der Waals surface area contributed by atoms with Crippen LogP contribution in [0.15, 0.2) is 67.0 Å². The third-order valence-corrected chi connectivity index (χ3v) is 6.09. The van der Waals surface area contributed by atoms with E-state index in [1.54, 1.807) is 18.3 Å². The molecule has 172 valence electrons. The van der Waals surface area contributed by atoms with Crippen molar-refractivity contribution in [1.82, 2.24) is 20.0 Å². The van der Waals surface area contributed by atoms with Crippen molar-refractivity contribution in [2.24, 2.45) is 11.8 Å². The molecule has 5 rings (SSSR count). The smallest absolute Gasteiger partial charge is 0.300 e. The van der Waals surface area contributed by atoms with Crippen molar-refractivity contribution >= 4 is 11.9 Å². The van der Waals surface area contributed by atoms with Gasteiger partial charge < -0.3 is 15.3 Å². The number of hydrogen-bond donors (Lipinski definition) is 2. The highest BCUT2D eigenvalue weighted by Gasteiger charge is 2.46. The Hall–Kier alpha value is -3.52. The van der Waals surface area contributed by atoms with Crippen LogP contribution in [0.3, 0.4) is 0 Å². The minimum atomic E-state index is -0.833. The summed E-state index contributed by atoms with van der Waals surface area (Å²) < 4.78 is 15.8. The summed E-state index contributed by atoms with van der Waals surface area (Å²) in [6.45, 7) is 4.16. The number of halogens is 1. The number of fused-ring (bicyclic) bond motifs is 1. The predicted octanol–water partition coefficient (Wildman–Crippen LogP) is 3.19. The molecular formula is C25H27FN4O3. The fourth-order valence-corrected chi connectivity index (χ4v) is 4.80. The van der Waals surface area contributed by atoms with E-state index in [2.05, 4.69) is 10.4 Å². The first-order valence-electron chi connectivity index (χ1n) is 11.0. The number of nitrogens with one attached hydrogen (secondary N) is 1. The highest BCUT2D eigenvalue weighted by molar-refractivity contribution is 5.95. The van der Waals surface area contributed by atoms with E-state index in [4.69, 9.17) is 9.90 Å². The largest absolute Gasteiger partial charge is 0.481 e. The van der Waals surface area contributed by atoms with Gasteiger partial charge in [-0.15, -0.1) is 0 Å². The maximum Gasteiger partial charge on any atom is 0.300 e. The highest BCUT2D eigenvalue weighted by atomic mass is 19.1. The Labute approximate surface area is 191 Å². The van der Waals surface area contributed by atoms with Gasteiger partial charge in [-0.3, -0.25) is 14.3 Å². The van der Waals surface area contributed by atoms with Crippen LogP contribution in [-0.4, -0.2) is 51.3 Å². The van der Waals surface area contributed by atoms with Crippen molar-refractivity contribution in [1.29, 1.82) is 0 Å². The van der Waals surface area contributed by atoms with E-state index in [1.165, 1.54) is 6.07 Å². The van der Waals surface area contributed by atoms with Crippen LogP contribution < -0.4 is 5.32 Å². The molecular weight excluding hydrogens is 423 g/mol. The van der Waals surface area contributed by atoms with E-state index >= 15 is 0 Å². The Kier molecular flexibility index (Phi) is 6.84. The number of carbonyl (C=O) groups is 2. The lowest BCUT2D eigenvalue weighted by Crippen LogP contribution is -2.34. The zero-order valence-electron chi connectivity index (χ0n) is 18.4. The van der Waals surface area contributed by atoms with Crippen LogP contribution in [0.4, 0.5) is 4.39 Å². The Morgan fingerprint density at radius 3 is 2.67 bits per heavy atom. The molecule has 3 atom stereocenters. The first kappa shape index (κ1) is 22.7. The standard InChI is InChI=1S/C23H23FN4O.C2H4O2/c24-20-7-2-5-17(11-20)22-21-13-25-12-19(21)15-28(22)23(29)18-6-1-4-16(10-18)14-27-9-3-8-26-27;1-2(3)4/h1-11,19,21-22,25H,12-15H2;1H3,(H,3,4)/t19-,21-,22-;/m0./s1. The molecule has 0 saturated carbocycles. The molecule has 8 heteroatoms. The molecule has 2 aliphatic heterocycles. The number of hydrogen-bond acceptors (Lipinski definition) is 4. The summed E-state index contributed by atoms with van der Waals surface area (Å²) in [6, 6.07) is 16.2. The summed E-state index contributed by atoms with van der Waals surface area (Å²) in [4.78, 5) is 24.4. The lowest BCUT2D eigenvalue weighted by atomic mass is 9.89. The zero-order chi connectivity index (χ0) is 23.4. The van der Waals surface area contributed by atoms with Crippen LogP contribution in [0.2, 0.25) is 0 Å². The number of carbonyl (C=O) groups excluding carboxylic acids is 1. The van der Waals surface area contributed by atoms with Crippen LogP contribution in [0.1, 0.15) is 34.5 Å². The quantitative estimate of drug-likeness (QED) is 0.638. The summed E-state index contributed by atoms with van der Waals surface area (Å²) in [5, 5.41) is 15.1. The van der Waals surface area contributed by atoms with Crippen molar-refractivity contribution in [2.75, 3.05) is 19.6 Å². The molecule has 0 radical (unpaired) electrons. The van der Waals surface area contributed by atoms with Gasteiger partial charge in [-0.25, -0.2) is 4.39 Å². The van der Waals surface area contributed by atoms with Crippen molar-refractivity contribution in [3.05, 3.63) is 89.5 Å². The van der Waals surface area contributed by atoms with Gasteiger partial charge >= 0.3 is 0 Å². The van der Waals surface area contributed by atoms with Crippen molar-refractivity contribution in [3.63, 3.8) is 0 Å². The van der Waals surface area contributed by atoms with Crippen LogP contribution in [0.5, 0.6) is 0 Å². The summed E-state index contributed by atoms with van der Waals surface area (Å²) in [5.74, 6) is -0.367. The van der Waals surface area contributed by atoms with E-state index < -0.39 is 5.97 Å². The number of amides is 1. The first-order chi connectivity index (χ1) is 15.9. The maximum absolute atomic E-state index is 13.9. The minimum Gasteiger partial charge on any atom is -0.481 e. The van der Waals surface area contributed by atoms with Gasteiger partial charge in [0.25, 0.3) is 11.9 Å². The molecule has 0 spiro atoms. The van der Waals surface area contributed by atoms with Gasteiger partial charge in [-0.2, -0.15) is 5.10 Å². The van der Waals surface area contributed by atoms with Crippen LogP contribution in [0, 0.1) is 17.7 Å². The molecule has 7 nitrogen and oxygen atoms in total. The maximum atomic E-state index is 13.9. The molecule has 2 saturated heterocycles. The number of carboxylic acid groups (broad SMARTS) is 1. The monoisotopic (exact) mass is 450 g/mol. The van der Waals surface area contributed by atoms with E-state index in [0.717, 1.165) is 31.1 Å². The second-order valence-corrected chi connectivity index (χ2v) is 8.46. The third-order valence-electron chi connectivity index (χ3n) is 6.09. The van der Waals surface area contributed by atoms with Gasteiger partial charge in [0.05, 0.1) is 12.6 Å². The lowest BCUT2D eigenvalue weighted by molar-refractivity contribution is -0.134. The van der Waals surface area contributed by atoms with Gasteiger partial charge in [0.1, 0.15) is 5.82 Å². The van der Waals surface area contributed by atoms with Crippen molar-refractivity contribution in [2.45, 2.75) is 19.5 Å². The van der Waals surface area contributed by atoms with E-state index in [-0.39, 0.29) is 17.8 Å². The molecule has 0 unspecified atom stereocenters. The van der Waals surface area contributed by atoms with Gasteiger partial charge in [-0.05, 0) is 47.4 Å². The van der Waals surface area contributed by atoms with Crippen LogP contribution in [-0.2, 0) is 11.3 Å². The third kappa shape index (κ3) is 5.28. The molecule has 1 aromatic heterocycles. The minimum absolute atomic E-state index is 0.0102. The molecule has 2 aliphatic rings. The molecule has 2 aromatic carbocycles. The average molecular weight is 451 g/mol. The molecule has 3 aromatic rings. The molecule has 2 fully saturated rings.